The fraction of sp³-hybridized carbons (Fsp3) is 0.429. The van der Waals surface area contributed by atoms with E-state index in [1.54, 1.807) is 25.2 Å². The van der Waals surface area contributed by atoms with E-state index in [1.165, 1.54) is 18.2 Å². The molecule has 344 valence electrons. The Morgan fingerprint density at radius 2 is 1.56 bits per heavy atom. The lowest BCUT2D eigenvalue weighted by molar-refractivity contribution is -0.146. The first-order valence-electron chi connectivity index (χ1n) is 20.0. The first-order valence-corrected chi connectivity index (χ1v) is 24.7. The largest absolute Gasteiger partial charge is 0.492 e. The molecular formula is C42H54N3O15S3+. The monoisotopic (exact) mass is 936 g/mol. The summed E-state index contributed by atoms with van der Waals surface area (Å²) in [6, 6.07) is 14.0. The van der Waals surface area contributed by atoms with Gasteiger partial charge in [-0.1, -0.05) is 26.8 Å². The molecule has 21 heteroatoms. The Kier molecular flexibility index (Phi) is 15.1. The van der Waals surface area contributed by atoms with E-state index in [0.29, 0.717) is 46.3 Å². The van der Waals surface area contributed by atoms with E-state index in [1.807, 2.05) is 40.7 Å². The highest BCUT2D eigenvalue weighted by Crippen LogP contribution is 2.51. The number of benzene rings is 2. The molecule has 0 spiro atoms. The van der Waals surface area contributed by atoms with Crippen LogP contribution in [0.3, 0.4) is 0 Å². The normalized spacial score (nSPS) is 17.2. The Bertz CT molecular complexity index is 2750. The van der Waals surface area contributed by atoms with Gasteiger partial charge in [0.05, 0.1) is 42.1 Å². The highest BCUT2D eigenvalue weighted by molar-refractivity contribution is 7.86. The van der Waals surface area contributed by atoms with Gasteiger partial charge in [-0.2, -0.15) is 25.3 Å². The van der Waals surface area contributed by atoms with Gasteiger partial charge in [0.2, 0.25) is 17.1 Å². The summed E-state index contributed by atoms with van der Waals surface area (Å²) >= 11 is 0. The highest BCUT2D eigenvalue weighted by atomic mass is 32.2. The van der Waals surface area contributed by atoms with Gasteiger partial charge in [-0.15, -0.1) is 4.73 Å². The maximum atomic E-state index is 12.4. The second-order valence-corrected chi connectivity index (χ2v) is 20.9. The number of carbonyl (C=O) groups excluding carboxylic acids is 1. The fourth-order valence-electron chi connectivity index (χ4n) is 7.60. The van der Waals surface area contributed by atoms with Gasteiger partial charge in [0.15, 0.2) is 0 Å². The first kappa shape index (κ1) is 49.0. The van der Waals surface area contributed by atoms with Gasteiger partial charge < -0.3 is 29.1 Å². The van der Waals surface area contributed by atoms with Crippen molar-refractivity contribution in [3.63, 3.8) is 0 Å². The molecule has 5 rings (SSSR count). The number of aromatic hydroxyl groups is 2. The quantitative estimate of drug-likeness (QED) is 0.0488. The molecule has 0 fully saturated rings. The van der Waals surface area contributed by atoms with Crippen LogP contribution in [-0.4, -0.2) is 104 Å². The van der Waals surface area contributed by atoms with Gasteiger partial charge in [0, 0.05) is 53.5 Å². The van der Waals surface area contributed by atoms with Gasteiger partial charge in [-0.3, -0.25) is 13.7 Å². The molecule has 0 saturated carbocycles. The third-order valence-electron chi connectivity index (χ3n) is 10.7. The molecular weight excluding hydrogens is 883 g/mol. The lowest BCUT2D eigenvalue weighted by Gasteiger charge is -2.30. The van der Waals surface area contributed by atoms with Gasteiger partial charge >= 0.3 is 5.97 Å². The maximum Gasteiger partial charge on any atom is 0.335 e. The van der Waals surface area contributed by atoms with Crippen LogP contribution in [0, 0.1) is 0 Å². The maximum absolute atomic E-state index is 12.4. The van der Waals surface area contributed by atoms with Gasteiger partial charge in [0.25, 0.3) is 30.4 Å². The number of anilines is 1. The Morgan fingerprint density at radius 1 is 0.889 bits per heavy atom. The molecule has 0 amide bonds. The number of allylic oxidation sites excluding steroid dienone is 3. The Balaban J connectivity index is 1.53. The topological polar surface area (TPSA) is 263 Å². The minimum Gasteiger partial charge on any atom is -0.492 e. The van der Waals surface area contributed by atoms with Crippen molar-refractivity contribution in [2.45, 2.75) is 76.0 Å². The van der Waals surface area contributed by atoms with E-state index in [2.05, 4.69) is 20.8 Å². The number of nitrogens with zero attached hydrogens (tertiary/aromatic N) is 3. The smallest absolute Gasteiger partial charge is 0.335 e. The highest BCUT2D eigenvalue weighted by Gasteiger charge is 2.44. The van der Waals surface area contributed by atoms with Crippen molar-refractivity contribution < 1.29 is 67.9 Å². The van der Waals surface area contributed by atoms with Crippen molar-refractivity contribution in [1.82, 2.24) is 9.31 Å². The zero-order valence-electron chi connectivity index (χ0n) is 35.6. The van der Waals surface area contributed by atoms with E-state index in [-0.39, 0.29) is 61.5 Å². The Hall–Kier alpha value is -5.03. The van der Waals surface area contributed by atoms with Crippen molar-refractivity contribution in [2.75, 3.05) is 49.3 Å². The molecule has 1 unspecified atom stereocenters. The molecule has 2 aliphatic heterocycles. The minimum absolute atomic E-state index is 0.0211. The number of rotatable bonds is 19. The molecule has 5 N–H and O–H groups in total. The molecule has 0 saturated heterocycles. The van der Waals surface area contributed by atoms with Gasteiger partial charge in [0.1, 0.15) is 24.6 Å². The molecule has 3 heterocycles. The van der Waals surface area contributed by atoms with Crippen molar-refractivity contribution in [1.29, 1.82) is 0 Å². The summed E-state index contributed by atoms with van der Waals surface area (Å²) in [6.45, 7) is 10.9. The van der Waals surface area contributed by atoms with E-state index in [9.17, 15) is 53.9 Å². The molecule has 1 atom stereocenters. The molecule has 18 nitrogen and oxygen atoms in total. The van der Waals surface area contributed by atoms with E-state index in [4.69, 9.17) is 14.0 Å². The third-order valence-corrected chi connectivity index (χ3v) is 13.1. The van der Waals surface area contributed by atoms with E-state index < -0.39 is 59.3 Å². The van der Waals surface area contributed by atoms with Crippen LogP contribution in [0.5, 0.6) is 11.8 Å². The van der Waals surface area contributed by atoms with Gasteiger partial charge in [-0.05, 0) is 85.7 Å². The average Bonchev–Trinajstić information content (AvgIpc) is 3.61. The van der Waals surface area contributed by atoms with E-state index >= 15 is 0 Å². The summed E-state index contributed by atoms with van der Waals surface area (Å²) < 4.78 is 115. The Morgan fingerprint density at radius 3 is 2.17 bits per heavy atom. The van der Waals surface area contributed by atoms with Crippen LogP contribution in [0.15, 0.2) is 81.8 Å². The minimum atomic E-state index is -4.66. The third kappa shape index (κ3) is 12.6. The zero-order chi connectivity index (χ0) is 46.5. The SMILES string of the molecule is CC[N+](CCCS(=O)(=O)O)=c1ccc2c(C(C)(C)C)cc(C=CC=C3N(CCOCCC(=O)On4c(O)ccc4O)c4ccc(S(=O)(=O)O)cc4C3(C)CCCS(=O)(=O)O)oc-2c1. The van der Waals surface area contributed by atoms with Crippen molar-refractivity contribution in [3.05, 3.63) is 94.7 Å². The standard InChI is InChI=1S/C42H53N3O15S3/c1-6-43(20-9-25-62(52,53)54)29-12-14-32-33(41(2,3)4)27-30(59-36(32)26-29)10-7-11-37-42(5,19-8-24-61(49,50)51)34-28-31(63(55,56)57)13-15-35(34)44(37)21-23-58-22-18-40(48)60-45-38(46)16-17-39(45)47/h7,10-17,26-28H,6,8-9,18-25H2,1-5H3,(H4-,46,47,49,50,51,52,53,54,55,56,57)/p+1. The van der Waals surface area contributed by atoms with Crippen LogP contribution in [0.2, 0.25) is 0 Å². The lowest BCUT2D eigenvalue weighted by atomic mass is 9.77. The molecule has 1 aromatic carbocycles. The summed E-state index contributed by atoms with van der Waals surface area (Å²) in [7, 11) is -13.1. The van der Waals surface area contributed by atoms with Crippen LogP contribution >= 0.6 is 0 Å². The molecule has 0 radical (unpaired) electrons. The first-order chi connectivity index (χ1) is 29.3. The number of ether oxygens (including phenoxy) is 1. The van der Waals surface area contributed by atoms with Crippen molar-refractivity contribution in [2.24, 2.45) is 0 Å². The number of hydrogen-bond acceptors (Lipinski definition) is 13. The van der Waals surface area contributed by atoms with Crippen LogP contribution in [-0.2, 0) is 50.7 Å². The summed E-state index contributed by atoms with van der Waals surface area (Å²) in [5.41, 5.74) is 2.00. The van der Waals surface area contributed by atoms with Crippen LogP contribution in [0.25, 0.3) is 17.4 Å². The molecule has 3 aliphatic rings. The summed E-state index contributed by atoms with van der Waals surface area (Å²) in [6.07, 6.45) is 5.31. The second kappa shape index (κ2) is 19.4. The second-order valence-electron chi connectivity index (χ2n) is 16.3. The van der Waals surface area contributed by atoms with Crippen molar-refractivity contribution in [3.8, 4) is 23.1 Å². The Labute approximate surface area is 366 Å². The number of hydrogen-bond donors (Lipinski definition) is 5. The molecule has 63 heavy (non-hydrogen) atoms. The van der Waals surface area contributed by atoms with Gasteiger partial charge in [-0.25, -0.2) is 9.37 Å². The van der Waals surface area contributed by atoms with Crippen LogP contribution in [0.4, 0.5) is 5.69 Å². The molecule has 0 bridgehead atoms. The average molecular weight is 937 g/mol. The molecule has 1 aliphatic carbocycles. The summed E-state index contributed by atoms with van der Waals surface area (Å²) in [4.78, 5) is 18.8. The van der Waals surface area contributed by atoms with E-state index in [0.717, 1.165) is 28.6 Å². The van der Waals surface area contributed by atoms with Crippen LogP contribution in [0.1, 0.15) is 77.2 Å². The predicted molar refractivity (Wildman–Crippen MR) is 234 cm³/mol. The predicted octanol–water partition coefficient (Wildman–Crippen LogP) is 4.62. The summed E-state index contributed by atoms with van der Waals surface area (Å²) in [5.74, 6) is -1.68. The zero-order valence-corrected chi connectivity index (χ0v) is 38.0. The fourth-order valence-corrected chi connectivity index (χ4v) is 9.11. The number of aromatic nitrogens is 1. The molecule has 1 aromatic heterocycles. The number of fused-ring (bicyclic) bond motifs is 2. The molecule has 2 aromatic rings. The summed E-state index contributed by atoms with van der Waals surface area (Å²) in [5, 5.41) is 20.3. The van der Waals surface area contributed by atoms with Crippen molar-refractivity contribution >= 4 is 48.1 Å². The van der Waals surface area contributed by atoms with Crippen LogP contribution < -0.4 is 19.7 Å². The number of carbonyl (C=O) groups is 1. The lowest BCUT2D eigenvalue weighted by Crippen LogP contribution is -2.31.